The zero-order valence-electron chi connectivity index (χ0n) is 14.7. The number of nitrogens with one attached hydrogen (secondary N) is 1. The molecular weight excluding hydrogens is 336 g/mol. The molecule has 0 unspecified atom stereocenters. The highest BCUT2D eigenvalue weighted by atomic mass is 16.1. The van der Waals surface area contributed by atoms with Crippen molar-refractivity contribution in [1.82, 2.24) is 14.8 Å². The smallest absolute Gasteiger partial charge is 0.259 e. The number of amides is 1. The Bertz CT molecular complexity index is 1130. The fourth-order valence-electron chi connectivity index (χ4n) is 3.40. The summed E-state index contributed by atoms with van der Waals surface area (Å²) >= 11 is 0. The number of pyridine rings is 1. The van der Waals surface area contributed by atoms with Gasteiger partial charge in [-0.2, -0.15) is 5.10 Å². The number of nitrogens with zero attached hydrogens (tertiary/aromatic N) is 3. The van der Waals surface area contributed by atoms with Crippen LogP contribution in [0.4, 0.5) is 5.69 Å². The first-order chi connectivity index (χ1) is 13.3. The summed E-state index contributed by atoms with van der Waals surface area (Å²) in [7, 11) is 0. The molecule has 1 amide bonds. The summed E-state index contributed by atoms with van der Waals surface area (Å²) in [6.45, 7) is 0. The topological polar surface area (TPSA) is 59.8 Å². The van der Waals surface area contributed by atoms with Crippen molar-refractivity contribution in [3.63, 3.8) is 0 Å². The van der Waals surface area contributed by atoms with Crippen LogP contribution in [-0.2, 0) is 0 Å². The molecule has 1 N–H and O–H groups in total. The third-order valence-electron chi connectivity index (χ3n) is 4.86. The molecule has 5 rings (SSSR count). The standard InChI is InChI=1S/C22H18N4O/c27-22(25-17-12-16-6-4-5-9-20(16)23-13-17)19-14-24-26(21(19)15-10-11-15)18-7-2-1-3-8-18/h1-9,12-15H,10-11H2,(H,25,27). The lowest BCUT2D eigenvalue weighted by atomic mass is 10.1. The van der Waals surface area contributed by atoms with Crippen molar-refractivity contribution in [3.05, 3.63) is 84.3 Å². The lowest BCUT2D eigenvalue weighted by Crippen LogP contribution is -2.14. The van der Waals surface area contributed by atoms with Crippen LogP contribution >= 0.6 is 0 Å². The number of hydrogen-bond donors (Lipinski definition) is 1. The van der Waals surface area contributed by atoms with E-state index in [-0.39, 0.29) is 5.91 Å². The molecule has 0 spiro atoms. The number of benzene rings is 2. The molecule has 2 aromatic carbocycles. The first kappa shape index (κ1) is 15.8. The number of para-hydroxylation sites is 2. The van der Waals surface area contributed by atoms with E-state index in [1.165, 1.54) is 0 Å². The van der Waals surface area contributed by atoms with Gasteiger partial charge in [-0.25, -0.2) is 4.68 Å². The molecule has 5 nitrogen and oxygen atoms in total. The van der Waals surface area contributed by atoms with E-state index >= 15 is 0 Å². The highest BCUT2D eigenvalue weighted by molar-refractivity contribution is 6.05. The van der Waals surface area contributed by atoms with E-state index in [1.807, 2.05) is 65.3 Å². The molecule has 5 heteroatoms. The van der Waals surface area contributed by atoms with Gasteiger partial charge < -0.3 is 5.32 Å². The van der Waals surface area contributed by atoms with Crippen molar-refractivity contribution in [2.45, 2.75) is 18.8 Å². The van der Waals surface area contributed by atoms with Crippen molar-refractivity contribution < 1.29 is 4.79 Å². The Labute approximate surface area is 156 Å². The average molecular weight is 354 g/mol. The number of hydrogen-bond acceptors (Lipinski definition) is 3. The van der Waals surface area contributed by atoms with E-state index < -0.39 is 0 Å². The van der Waals surface area contributed by atoms with Gasteiger partial charge in [0.15, 0.2) is 0 Å². The highest BCUT2D eigenvalue weighted by Gasteiger charge is 2.32. The number of anilines is 1. The second-order valence-electron chi connectivity index (χ2n) is 6.84. The van der Waals surface area contributed by atoms with Crippen molar-refractivity contribution in [2.75, 3.05) is 5.32 Å². The minimum atomic E-state index is -0.142. The van der Waals surface area contributed by atoms with Gasteiger partial charge in [-0.3, -0.25) is 9.78 Å². The van der Waals surface area contributed by atoms with Gasteiger partial charge in [0.25, 0.3) is 5.91 Å². The molecule has 1 fully saturated rings. The summed E-state index contributed by atoms with van der Waals surface area (Å²) in [6, 6.07) is 19.8. The van der Waals surface area contributed by atoms with E-state index in [2.05, 4.69) is 15.4 Å². The maximum absolute atomic E-state index is 13.0. The molecule has 1 saturated carbocycles. The Kier molecular flexibility index (Phi) is 3.71. The Morgan fingerprint density at radius 3 is 2.59 bits per heavy atom. The number of rotatable bonds is 4. The molecule has 27 heavy (non-hydrogen) atoms. The molecule has 1 aliphatic rings. The molecule has 0 saturated heterocycles. The molecule has 2 aromatic heterocycles. The number of carbonyl (C=O) groups excluding carboxylic acids is 1. The van der Waals surface area contributed by atoms with Gasteiger partial charge in [0.05, 0.1) is 40.5 Å². The van der Waals surface area contributed by atoms with Crippen molar-refractivity contribution in [2.24, 2.45) is 0 Å². The van der Waals surface area contributed by atoms with Gasteiger partial charge in [-0.1, -0.05) is 36.4 Å². The second kappa shape index (κ2) is 6.36. The van der Waals surface area contributed by atoms with Gasteiger partial charge in [0.1, 0.15) is 0 Å². The number of aromatic nitrogens is 3. The minimum Gasteiger partial charge on any atom is -0.320 e. The largest absolute Gasteiger partial charge is 0.320 e. The van der Waals surface area contributed by atoms with E-state index in [4.69, 9.17) is 0 Å². The SMILES string of the molecule is O=C(Nc1cnc2ccccc2c1)c1cnn(-c2ccccc2)c1C1CC1. The number of fused-ring (bicyclic) bond motifs is 1. The Morgan fingerprint density at radius 1 is 1.00 bits per heavy atom. The molecule has 0 atom stereocenters. The summed E-state index contributed by atoms with van der Waals surface area (Å²) in [5.41, 5.74) is 4.20. The quantitative estimate of drug-likeness (QED) is 0.585. The fourth-order valence-corrected chi connectivity index (χ4v) is 3.40. The van der Waals surface area contributed by atoms with E-state index in [0.29, 0.717) is 17.2 Å². The van der Waals surface area contributed by atoms with Crippen LogP contribution in [0.5, 0.6) is 0 Å². The van der Waals surface area contributed by atoms with Crippen molar-refractivity contribution in [1.29, 1.82) is 0 Å². The molecule has 4 aromatic rings. The maximum atomic E-state index is 13.0. The molecule has 132 valence electrons. The molecule has 2 heterocycles. The molecular formula is C22H18N4O. The van der Waals surface area contributed by atoms with Crippen molar-refractivity contribution in [3.8, 4) is 5.69 Å². The summed E-state index contributed by atoms with van der Waals surface area (Å²) in [5, 5.41) is 8.48. The van der Waals surface area contributed by atoms with Crippen LogP contribution in [0.15, 0.2) is 73.1 Å². The maximum Gasteiger partial charge on any atom is 0.259 e. The predicted octanol–water partition coefficient (Wildman–Crippen LogP) is 4.55. The lowest BCUT2D eigenvalue weighted by Gasteiger charge is -2.10. The Balaban J connectivity index is 1.48. The predicted molar refractivity (Wildman–Crippen MR) is 105 cm³/mol. The molecule has 0 bridgehead atoms. The fraction of sp³-hybridized carbons (Fsp3) is 0.136. The van der Waals surface area contributed by atoms with E-state index in [0.717, 1.165) is 35.1 Å². The number of carbonyl (C=O) groups is 1. The summed E-state index contributed by atoms with van der Waals surface area (Å²) in [6.07, 6.45) is 5.55. The normalized spacial score (nSPS) is 13.6. The first-order valence-electron chi connectivity index (χ1n) is 9.09. The third-order valence-corrected chi connectivity index (χ3v) is 4.86. The zero-order chi connectivity index (χ0) is 18.2. The third kappa shape index (κ3) is 2.97. The minimum absolute atomic E-state index is 0.142. The van der Waals surface area contributed by atoms with Gasteiger partial charge >= 0.3 is 0 Å². The summed E-state index contributed by atoms with van der Waals surface area (Å²) < 4.78 is 1.89. The Hall–Kier alpha value is -3.47. The first-order valence-corrected chi connectivity index (χ1v) is 9.09. The van der Waals surface area contributed by atoms with Crippen LogP contribution < -0.4 is 5.32 Å². The summed E-state index contributed by atoms with van der Waals surface area (Å²) in [5.74, 6) is 0.249. The molecule has 0 radical (unpaired) electrons. The second-order valence-corrected chi connectivity index (χ2v) is 6.84. The molecule has 0 aliphatic heterocycles. The van der Waals surface area contributed by atoms with Gasteiger partial charge in [-0.15, -0.1) is 0 Å². The van der Waals surface area contributed by atoms with Crippen molar-refractivity contribution >= 4 is 22.5 Å². The van der Waals surface area contributed by atoms with Crippen LogP contribution in [0.1, 0.15) is 34.8 Å². The molecule has 1 aliphatic carbocycles. The van der Waals surface area contributed by atoms with Gasteiger partial charge in [0, 0.05) is 11.3 Å². The zero-order valence-corrected chi connectivity index (χ0v) is 14.7. The van der Waals surface area contributed by atoms with Gasteiger partial charge in [0.2, 0.25) is 0 Å². The van der Waals surface area contributed by atoms with Crippen LogP contribution in [-0.4, -0.2) is 20.7 Å². The van der Waals surface area contributed by atoms with Crippen LogP contribution in [0.3, 0.4) is 0 Å². The van der Waals surface area contributed by atoms with E-state index in [9.17, 15) is 4.79 Å². The van der Waals surface area contributed by atoms with E-state index in [1.54, 1.807) is 12.4 Å². The average Bonchev–Trinajstić information content (AvgIpc) is 3.46. The summed E-state index contributed by atoms with van der Waals surface area (Å²) in [4.78, 5) is 17.4. The van der Waals surface area contributed by atoms with Crippen LogP contribution in [0, 0.1) is 0 Å². The Morgan fingerprint density at radius 2 is 1.78 bits per heavy atom. The van der Waals surface area contributed by atoms with Crippen LogP contribution in [0.2, 0.25) is 0 Å². The highest BCUT2D eigenvalue weighted by Crippen LogP contribution is 2.42. The van der Waals surface area contributed by atoms with Gasteiger partial charge in [-0.05, 0) is 37.1 Å². The monoisotopic (exact) mass is 354 g/mol. The van der Waals surface area contributed by atoms with Crippen LogP contribution in [0.25, 0.3) is 16.6 Å². The lowest BCUT2D eigenvalue weighted by molar-refractivity contribution is 0.102.